The Morgan fingerprint density at radius 2 is 1.63 bits per heavy atom. The van der Waals surface area contributed by atoms with Crippen molar-refractivity contribution < 1.29 is 37.8 Å². The summed E-state index contributed by atoms with van der Waals surface area (Å²) in [6.45, 7) is 2.94. The minimum Gasteiger partial charge on any atom is -0.480 e. The van der Waals surface area contributed by atoms with Crippen LogP contribution >= 0.6 is 7.60 Å². The van der Waals surface area contributed by atoms with Gasteiger partial charge in [0.25, 0.3) is 5.91 Å². The van der Waals surface area contributed by atoms with E-state index in [-0.39, 0.29) is 25.8 Å². The van der Waals surface area contributed by atoms with E-state index in [0.717, 1.165) is 30.4 Å². The SMILES string of the molecule is CCCCCCP(=O)(OCc1ccccc1)O[C@@H](CCCCNC(=O)OCc1ccccc1)C(=O)N1CCC[C@H]1C(=O)O. The van der Waals surface area contributed by atoms with Crippen LogP contribution in [0, 0.1) is 0 Å². The van der Waals surface area contributed by atoms with Gasteiger partial charge >= 0.3 is 19.7 Å². The second kappa shape index (κ2) is 18.5. The fraction of sp³-hybridized carbons (Fsp3) is 0.531. The number of carboxylic acid groups (broad SMARTS) is 1. The van der Waals surface area contributed by atoms with E-state index in [4.69, 9.17) is 13.8 Å². The van der Waals surface area contributed by atoms with Crippen LogP contribution in [0.2, 0.25) is 0 Å². The number of nitrogens with zero attached hydrogens (tertiary/aromatic N) is 1. The topological polar surface area (TPSA) is 131 Å². The molecule has 1 saturated heterocycles. The third kappa shape index (κ3) is 12.1. The van der Waals surface area contributed by atoms with Crippen LogP contribution in [0.5, 0.6) is 0 Å². The number of benzene rings is 2. The standard InChI is InChI=1S/C32H45N2O8P/c1-2-3-4-13-23-43(39,41-25-27-17-9-6-10-18-27)42-29(30(35)34-22-14-19-28(34)31(36)37)20-11-12-21-33-32(38)40-24-26-15-7-5-8-16-26/h5-10,15-18,28-29H,2-4,11-14,19-25H2,1H3,(H,33,38)(H,36,37)/t28-,29-,43?/m0/s1. The largest absolute Gasteiger partial charge is 0.480 e. The Balaban J connectivity index is 1.62. The number of likely N-dealkylation sites (tertiary alicyclic amines) is 1. The maximum Gasteiger partial charge on any atom is 0.407 e. The second-order valence-corrected chi connectivity index (χ2v) is 12.9. The number of aliphatic carboxylic acids is 1. The fourth-order valence-corrected chi connectivity index (χ4v) is 6.77. The Labute approximate surface area is 254 Å². The van der Waals surface area contributed by atoms with E-state index in [1.807, 2.05) is 60.7 Å². The van der Waals surface area contributed by atoms with Crippen LogP contribution in [-0.2, 0) is 41.2 Å². The van der Waals surface area contributed by atoms with Crippen LogP contribution in [0.15, 0.2) is 60.7 Å². The molecule has 3 atom stereocenters. The molecule has 0 spiro atoms. The average molecular weight is 617 g/mol. The highest BCUT2D eigenvalue weighted by Gasteiger charge is 2.40. The van der Waals surface area contributed by atoms with Gasteiger partial charge in [-0.05, 0) is 49.7 Å². The Hall–Kier alpha value is -3.20. The minimum absolute atomic E-state index is 0.0727. The summed E-state index contributed by atoms with van der Waals surface area (Å²) in [7, 11) is -3.71. The van der Waals surface area contributed by atoms with Gasteiger partial charge in [0.2, 0.25) is 0 Å². The van der Waals surface area contributed by atoms with Gasteiger partial charge in [0.05, 0.1) is 12.8 Å². The molecule has 1 aliphatic rings. The Morgan fingerprint density at radius 3 is 2.28 bits per heavy atom. The van der Waals surface area contributed by atoms with E-state index in [2.05, 4.69) is 12.2 Å². The smallest absolute Gasteiger partial charge is 0.407 e. The number of unbranched alkanes of at least 4 members (excludes halogenated alkanes) is 4. The number of rotatable bonds is 19. The van der Waals surface area contributed by atoms with E-state index < -0.39 is 37.7 Å². The maximum absolute atomic E-state index is 14.1. The van der Waals surface area contributed by atoms with Crippen LogP contribution < -0.4 is 5.32 Å². The molecule has 0 saturated carbocycles. The summed E-state index contributed by atoms with van der Waals surface area (Å²) in [5, 5.41) is 12.4. The van der Waals surface area contributed by atoms with E-state index in [1.165, 1.54) is 4.90 Å². The van der Waals surface area contributed by atoms with E-state index in [9.17, 15) is 24.1 Å². The van der Waals surface area contributed by atoms with Crippen molar-refractivity contribution in [2.75, 3.05) is 19.3 Å². The molecule has 10 nitrogen and oxygen atoms in total. The lowest BCUT2D eigenvalue weighted by atomic mass is 10.1. The number of carbonyl (C=O) groups excluding carboxylic acids is 2. The molecule has 1 fully saturated rings. The first-order valence-electron chi connectivity index (χ1n) is 15.2. The Morgan fingerprint density at radius 1 is 0.953 bits per heavy atom. The molecule has 236 valence electrons. The molecule has 1 unspecified atom stereocenters. The summed E-state index contributed by atoms with van der Waals surface area (Å²) in [5.41, 5.74) is 1.71. The van der Waals surface area contributed by atoms with Gasteiger partial charge in [-0.25, -0.2) is 9.59 Å². The van der Waals surface area contributed by atoms with Gasteiger partial charge < -0.3 is 24.6 Å². The lowest BCUT2D eigenvalue weighted by Gasteiger charge is -2.29. The summed E-state index contributed by atoms with van der Waals surface area (Å²) < 4.78 is 31.3. The normalized spacial score (nSPS) is 16.8. The first-order valence-corrected chi connectivity index (χ1v) is 17.0. The average Bonchev–Trinajstić information content (AvgIpc) is 3.52. The van der Waals surface area contributed by atoms with E-state index >= 15 is 0 Å². The summed E-state index contributed by atoms with van der Waals surface area (Å²) >= 11 is 0. The van der Waals surface area contributed by atoms with Crippen LogP contribution in [0.3, 0.4) is 0 Å². The zero-order valence-corrected chi connectivity index (χ0v) is 25.9. The van der Waals surface area contributed by atoms with Crippen LogP contribution in [0.25, 0.3) is 0 Å². The molecule has 0 bridgehead atoms. The fourth-order valence-electron chi connectivity index (χ4n) is 4.93. The number of hydrogen-bond acceptors (Lipinski definition) is 7. The lowest BCUT2D eigenvalue weighted by molar-refractivity contribution is -0.151. The predicted molar refractivity (Wildman–Crippen MR) is 164 cm³/mol. The molecule has 2 aromatic rings. The molecule has 0 aromatic heterocycles. The van der Waals surface area contributed by atoms with Gasteiger partial charge in [-0.2, -0.15) is 0 Å². The molecule has 11 heteroatoms. The third-order valence-corrected chi connectivity index (χ3v) is 9.28. The summed E-state index contributed by atoms with van der Waals surface area (Å²) in [6, 6.07) is 17.8. The van der Waals surface area contributed by atoms with E-state index in [0.29, 0.717) is 45.2 Å². The Bertz CT molecular complexity index is 1180. The predicted octanol–water partition coefficient (Wildman–Crippen LogP) is 6.53. The molecular formula is C32H45N2O8P. The van der Waals surface area contributed by atoms with Gasteiger partial charge in [0.15, 0.2) is 0 Å². The maximum atomic E-state index is 14.1. The highest BCUT2D eigenvalue weighted by Crippen LogP contribution is 2.52. The Kier molecular flexibility index (Phi) is 14.7. The molecule has 2 N–H and O–H groups in total. The lowest BCUT2D eigenvalue weighted by Crippen LogP contribution is -2.46. The van der Waals surface area contributed by atoms with Crippen molar-refractivity contribution in [2.24, 2.45) is 0 Å². The molecule has 0 radical (unpaired) electrons. The third-order valence-electron chi connectivity index (χ3n) is 7.32. The minimum atomic E-state index is -3.71. The number of nitrogens with one attached hydrogen (secondary N) is 1. The molecule has 43 heavy (non-hydrogen) atoms. The molecule has 0 aliphatic carbocycles. The summed E-state index contributed by atoms with van der Waals surface area (Å²) in [5.74, 6) is -1.55. The van der Waals surface area contributed by atoms with Crippen molar-refractivity contribution in [3.05, 3.63) is 71.8 Å². The molecular weight excluding hydrogens is 571 g/mol. The summed E-state index contributed by atoms with van der Waals surface area (Å²) in [6.07, 6.45) is 4.09. The van der Waals surface area contributed by atoms with E-state index in [1.54, 1.807) is 0 Å². The zero-order valence-electron chi connectivity index (χ0n) is 25.0. The van der Waals surface area contributed by atoms with Crippen LogP contribution in [0.1, 0.15) is 75.8 Å². The molecule has 2 amide bonds. The summed E-state index contributed by atoms with van der Waals surface area (Å²) in [4.78, 5) is 38.9. The number of alkyl carbamates (subject to hydrolysis) is 1. The first kappa shape index (κ1) is 34.3. The van der Waals surface area contributed by atoms with Gasteiger partial charge in [0, 0.05) is 13.1 Å². The highest BCUT2D eigenvalue weighted by molar-refractivity contribution is 7.53. The number of ether oxygens (including phenoxy) is 1. The molecule has 1 aliphatic heterocycles. The van der Waals surface area contributed by atoms with Crippen molar-refractivity contribution in [1.82, 2.24) is 10.2 Å². The van der Waals surface area contributed by atoms with Crippen molar-refractivity contribution in [2.45, 2.75) is 90.1 Å². The monoisotopic (exact) mass is 616 g/mol. The van der Waals surface area contributed by atoms with Crippen LogP contribution in [-0.4, -0.2) is 59.4 Å². The van der Waals surface area contributed by atoms with Gasteiger partial charge in [-0.15, -0.1) is 0 Å². The number of carbonyl (C=O) groups is 3. The molecule has 3 rings (SSSR count). The van der Waals surface area contributed by atoms with Crippen molar-refractivity contribution >= 4 is 25.6 Å². The number of hydrogen-bond donors (Lipinski definition) is 2. The van der Waals surface area contributed by atoms with Gasteiger partial charge in [-0.1, -0.05) is 86.8 Å². The quantitative estimate of drug-likeness (QED) is 0.134. The van der Waals surface area contributed by atoms with Gasteiger partial charge in [0.1, 0.15) is 18.8 Å². The molecule has 2 aromatic carbocycles. The first-order chi connectivity index (χ1) is 20.8. The van der Waals surface area contributed by atoms with Crippen molar-refractivity contribution in [1.29, 1.82) is 0 Å². The highest BCUT2D eigenvalue weighted by atomic mass is 31.2. The number of carboxylic acids is 1. The van der Waals surface area contributed by atoms with Crippen LogP contribution in [0.4, 0.5) is 4.79 Å². The molecule has 1 heterocycles. The number of amides is 2. The van der Waals surface area contributed by atoms with Gasteiger partial charge in [-0.3, -0.25) is 13.9 Å². The second-order valence-electron chi connectivity index (χ2n) is 10.8. The van der Waals surface area contributed by atoms with Crippen molar-refractivity contribution in [3.8, 4) is 0 Å². The van der Waals surface area contributed by atoms with Crippen molar-refractivity contribution in [3.63, 3.8) is 0 Å². The zero-order chi connectivity index (χ0) is 30.9.